The van der Waals surface area contributed by atoms with Crippen LogP contribution in [0.2, 0.25) is 0 Å². The number of nitrogens with zero attached hydrogens (tertiary/aromatic N) is 2. The summed E-state index contributed by atoms with van der Waals surface area (Å²) in [6, 6.07) is 4.00. The van der Waals surface area contributed by atoms with Crippen molar-refractivity contribution in [2.45, 2.75) is 37.0 Å². The second-order valence-electron chi connectivity index (χ2n) is 4.13. The monoisotopic (exact) mass is 250 g/mol. The van der Waals surface area contributed by atoms with Crippen LogP contribution in [0.1, 0.15) is 18.5 Å². The summed E-state index contributed by atoms with van der Waals surface area (Å²) in [4.78, 5) is 18.1. The zero-order chi connectivity index (χ0) is 12.3. The van der Waals surface area contributed by atoms with Crippen molar-refractivity contribution >= 4 is 11.8 Å². The molecule has 1 saturated carbocycles. The van der Waals surface area contributed by atoms with Crippen molar-refractivity contribution in [3.05, 3.63) is 22.1 Å². The number of nitrogens with one attached hydrogen (secondary N) is 2. The van der Waals surface area contributed by atoms with E-state index in [0.717, 1.165) is 12.8 Å². The molecule has 1 atom stereocenters. The van der Waals surface area contributed by atoms with Crippen LogP contribution in [0, 0.1) is 18.3 Å². The molecule has 1 fully saturated rings. The average molecular weight is 250 g/mol. The topological polar surface area (TPSA) is 81.6 Å². The molecule has 0 saturated heterocycles. The molecule has 1 aromatic rings. The van der Waals surface area contributed by atoms with Gasteiger partial charge in [0.15, 0.2) is 5.16 Å². The lowest BCUT2D eigenvalue weighted by molar-refractivity contribution is 0.643. The van der Waals surface area contributed by atoms with Gasteiger partial charge >= 0.3 is 0 Å². The molecule has 0 amide bonds. The predicted molar refractivity (Wildman–Crippen MR) is 65.9 cm³/mol. The normalized spacial score (nSPS) is 16.5. The van der Waals surface area contributed by atoms with Crippen LogP contribution in [0.3, 0.4) is 0 Å². The van der Waals surface area contributed by atoms with Gasteiger partial charge in [0.05, 0.1) is 6.07 Å². The molecule has 0 radical (unpaired) electrons. The van der Waals surface area contributed by atoms with E-state index in [9.17, 15) is 4.79 Å². The fourth-order valence-corrected chi connectivity index (χ4v) is 2.32. The summed E-state index contributed by atoms with van der Waals surface area (Å²) in [5, 5.41) is 12.8. The third-order valence-corrected chi connectivity index (χ3v) is 3.37. The summed E-state index contributed by atoms with van der Waals surface area (Å²) in [5.74, 6) is 0.597. The van der Waals surface area contributed by atoms with Crippen molar-refractivity contribution in [1.29, 1.82) is 5.26 Å². The minimum Gasteiger partial charge on any atom is -0.301 e. The van der Waals surface area contributed by atoms with Gasteiger partial charge in [0.2, 0.25) is 0 Å². The highest BCUT2D eigenvalue weighted by atomic mass is 32.2. The molecule has 1 unspecified atom stereocenters. The maximum absolute atomic E-state index is 11.2. The third-order valence-electron chi connectivity index (χ3n) is 2.40. The Morgan fingerprint density at radius 3 is 3.12 bits per heavy atom. The first-order chi connectivity index (χ1) is 8.17. The number of aromatic amines is 1. The lowest BCUT2D eigenvalue weighted by Gasteiger charge is -2.09. The highest BCUT2D eigenvalue weighted by Gasteiger charge is 2.24. The van der Waals surface area contributed by atoms with E-state index >= 15 is 0 Å². The molecule has 1 aliphatic carbocycles. The number of hydrogen-bond acceptors (Lipinski definition) is 5. The number of rotatable bonds is 5. The predicted octanol–water partition coefficient (Wildman–Crippen LogP) is 0.815. The molecule has 6 heteroatoms. The average Bonchev–Trinajstić information content (AvgIpc) is 3.06. The molecule has 17 heavy (non-hydrogen) atoms. The van der Waals surface area contributed by atoms with Crippen LogP contribution in [-0.2, 0) is 0 Å². The number of hydrogen-bond donors (Lipinski definition) is 2. The second kappa shape index (κ2) is 5.34. The standard InChI is InChI=1S/C11H14N4OS/c1-7-4-10(16)15-11(13-7)17-6-9(5-12)14-8-2-3-8/h4,8-9,14H,2-3,6H2,1H3,(H,13,15,16). The van der Waals surface area contributed by atoms with Gasteiger partial charge in [-0.1, -0.05) is 11.8 Å². The first-order valence-electron chi connectivity index (χ1n) is 5.54. The quantitative estimate of drug-likeness (QED) is 0.597. The van der Waals surface area contributed by atoms with Crippen molar-refractivity contribution in [3.8, 4) is 6.07 Å². The summed E-state index contributed by atoms with van der Waals surface area (Å²) in [7, 11) is 0. The minimum atomic E-state index is -0.182. The van der Waals surface area contributed by atoms with Crippen LogP contribution >= 0.6 is 11.8 Å². The van der Waals surface area contributed by atoms with E-state index in [2.05, 4.69) is 21.4 Å². The number of aromatic nitrogens is 2. The maximum Gasteiger partial charge on any atom is 0.251 e. The molecule has 5 nitrogen and oxygen atoms in total. The molecule has 2 rings (SSSR count). The Morgan fingerprint density at radius 1 is 1.76 bits per heavy atom. The minimum absolute atomic E-state index is 0.149. The van der Waals surface area contributed by atoms with Gasteiger partial charge in [-0.2, -0.15) is 5.26 Å². The Bertz CT molecular complexity index is 489. The fourth-order valence-electron chi connectivity index (χ4n) is 1.44. The van der Waals surface area contributed by atoms with E-state index < -0.39 is 0 Å². The lowest BCUT2D eigenvalue weighted by atomic mass is 10.4. The highest BCUT2D eigenvalue weighted by molar-refractivity contribution is 7.99. The van der Waals surface area contributed by atoms with Crippen molar-refractivity contribution < 1.29 is 0 Å². The van der Waals surface area contributed by atoms with Crippen LogP contribution in [0.25, 0.3) is 0 Å². The number of aryl methyl sites for hydroxylation is 1. The Balaban J connectivity index is 1.91. The SMILES string of the molecule is Cc1cc(=O)[nH]c(SCC(C#N)NC2CC2)n1. The van der Waals surface area contributed by atoms with Crippen molar-refractivity contribution in [3.63, 3.8) is 0 Å². The molecule has 2 N–H and O–H groups in total. The summed E-state index contributed by atoms with van der Waals surface area (Å²) in [5.41, 5.74) is 0.545. The number of H-pyrrole nitrogens is 1. The number of thioether (sulfide) groups is 1. The third kappa shape index (κ3) is 3.88. The largest absolute Gasteiger partial charge is 0.301 e. The van der Waals surface area contributed by atoms with Crippen molar-refractivity contribution in [2.75, 3.05) is 5.75 Å². The molecular formula is C11H14N4OS. The van der Waals surface area contributed by atoms with Gasteiger partial charge in [0.25, 0.3) is 5.56 Å². The molecule has 1 aliphatic rings. The van der Waals surface area contributed by atoms with Crippen LogP contribution in [0.5, 0.6) is 0 Å². The molecule has 90 valence electrons. The molecule has 0 spiro atoms. The first kappa shape index (κ1) is 12.1. The van der Waals surface area contributed by atoms with E-state index in [4.69, 9.17) is 5.26 Å². The Hall–Kier alpha value is -1.32. The molecule has 0 bridgehead atoms. The zero-order valence-corrected chi connectivity index (χ0v) is 10.4. The molecular weight excluding hydrogens is 236 g/mol. The van der Waals surface area contributed by atoms with Crippen LogP contribution in [0.4, 0.5) is 0 Å². The first-order valence-corrected chi connectivity index (χ1v) is 6.52. The molecule has 0 aromatic carbocycles. The lowest BCUT2D eigenvalue weighted by Crippen LogP contribution is -2.31. The Labute approximate surface area is 104 Å². The van der Waals surface area contributed by atoms with E-state index in [1.54, 1.807) is 6.92 Å². The second-order valence-corrected chi connectivity index (χ2v) is 5.13. The summed E-state index contributed by atoms with van der Waals surface area (Å²) < 4.78 is 0. The van der Waals surface area contributed by atoms with E-state index in [0.29, 0.717) is 22.6 Å². The van der Waals surface area contributed by atoms with Gasteiger partial charge in [-0.15, -0.1) is 0 Å². The highest BCUT2D eigenvalue weighted by Crippen LogP contribution is 2.21. The van der Waals surface area contributed by atoms with Crippen LogP contribution < -0.4 is 10.9 Å². The van der Waals surface area contributed by atoms with E-state index in [-0.39, 0.29) is 11.6 Å². The summed E-state index contributed by atoms with van der Waals surface area (Å²) in [6.45, 7) is 1.78. The Kier molecular flexibility index (Phi) is 3.82. The van der Waals surface area contributed by atoms with Crippen molar-refractivity contribution in [2.24, 2.45) is 0 Å². The zero-order valence-electron chi connectivity index (χ0n) is 9.56. The summed E-state index contributed by atoms with van der Waals surface area (Å²) in [6.07, 6.45) is 2.31. The number of nitriles is 1. The van der Waals surface area contributed by atoms with Gasteiger partial charge in [0.1, 0.15) is 6.04 Å². The van der Waals surface area contributed by atoms with E-state index in [1.165, 1.54) is 17.8 Å². The molecule has 1 heterocycles. The van der Waals surface area contributed by atoms with Crippen LogP contribution in [0.15, 0.2) is 16.0 Å². The van der Waals surface area contributed by atoms with Gasteiger partial charge in [-0.25, -0.2) is 4.98 Å². The molecule has 0 aliphatic heterocycles. The van der Waals surface area contributed by atoms with E-state index in [1.807, 2.05) is 0 Å². The smallest absolute Gasteiger partial charge is 0.251 e. The van der Waals surface area contributed by atoms with Crippen LogP contribution in [-0.4, -0.2) is 27.8 Å². The van der Waals surface area contributed by atoms with Gasteiger partial charge in [-0.05, 0) is 19.8 Å². The maximum atomic E-state index is 11.2. The molecule has 1 aromatic heterocycles. The van der Waals surface area contributed by atoms with Gasteiger partial charge in [0, 0.05) is 23.6 Å². The van der Waals surface area contributed by atoms with Gasteiger partial charge < -0.3 is 4.98 Å². The fraction of sp³-hybridized carbons (Fsp3) is 0.545. The van der Waals surface area contributed by atoms with Gasteiger partial charge in [-0.3, -0.25) is 10.1 Å². The Morgan fingerprint density at radius 2 is 2.53 bits per heavy atom. The summed E-state index contributed by atoms with van der Waals surface area (Å²) >= 11 is 1.40. The van der Waals surface area contributed by atoms with Crippen molar-refractivity contribution in [1.82, 2.24) is 15.3 Å².